The smallest absolute Gasteiger partial charge is 0.338 e. The fourth-order valence-corrected chi connectivity index (χ4v) is 4.53. The monoisotopic (exact) mass is 335 g/mol. The number of benzene rings is 1. The second kappa shape index (κ2) is 6.82. The number of likely N-dealkylation sites (tertiary alicyclic amines) is 1. The van der Waals surface area contributed by atoms with Crippen molar-refractivity contribution in [1.82, 2.24) is 4.90 Å². The Labute approximate surface area is 144 Å². The van der Waals surface area contributed by atoms with E-state index in [-0.39, 0.29) is 24.0 Å². The zero-order chi connectivity index (χ0) is 15.0. The van der Waals surface area contributed by atoms with Crippen LogP contribution in [0, 0.1) is 0 Å². The van der Waals surface area contributed by atoms with Crippen LogP contribution in [0.25, 0.3) is 0 Å². The molecule has 0 radical (unpaired) electrons. The number of halogens is 1. The van der Waals surface area contributed by atoms with Gasteiger partial charge in [0.25, 0.3) is 0 Å². The Morgan fingerprint density at radius 3 is 2.48 bits per heavy atom. The van der Waals surface area contributed by atoms with Crippen LogP contribution in [0.4, 0.5) is 0 Å². The van der Waals surface area contributed by atoms with E-state index < -0.39 is 0 Å². The lowest BCUT2D eigenvalue weighted by molar-refractivity contribution is -0.0637. The van der Waals surface area contributed by atoms with Crippen LogP contribution in [0.3, 0.4) is 0 Å². The van der Waals surface area contributed by atoms with Gasteiger partial charge >= 0.3 is 5.97 Å². The molecule has 0 N–H and O–H groups in total. The minimum Gasteiger partial charge on any atom is -0.455 e. The topological polar surface area (TPSA) is 29.5 Å². The summed E-state index contributed by atoms with van der Waals surface area (Å²) in [7, 11) is 0. The van der Waals surface area contributed by atoms with E-state index in [0.717, 1.165) is 44.0 Å². The number of rotatable bonds is 1. The average Bonchev–Trinajstić information content (AvgIpc) is 2.56. The van der Waals surface area contributed by atoms with E-state index in [2.05, 4.69) is 11.0 Å². The molecule has 1 saturated heterocycles. The maximum absolute atomic E-state index is 12.3. The number of hydrogen-bond acceptors (Lipinski definition) is 3. The van der Waals surface area contributed by atoms with Gasteiger partial charge in [-0.2, -0.15) is 0 Å². The predicted octanol–water partition coefficient (Wildman–Crippen LogP) is 3.99. The first kappa shape index (κ1) is 16.8. The van der Waals surface area contributed by atoms with E-state index in [1.165, 1.54) is 37.7 Å². The van der Waals surface area contributed by atoms with Crippen molar-refractivity contribution in [2.45, 2.75) is 63.0 Å². The fourth-order valence-electron chi connectivity index (χ4n) is 4.53. The summed E-state index contributed by atoms with van der Waals surface area (Å²) in [5.41, 5.74) is 1.70. The molecule has 3 nitrogen and oxygen atoms in total. The Bertz CT molecular complexity index is 560. The van der Waals surface area contributed by atoms with Gasteiger partial charge in [-0.3, -0.25) is 0 Å². The van der Waals surface area contributed by atoms with Crippen molar-refractivity contribution in [3.8, 4) is 0 Å². The number of piperidine rings is 1. The van der Waals surface area contributed by atoms with Crippen LogP contribution < -0.4 is 0 Å². The van der Waals surface area contributed by atoms with Crippen LogP contribution in [0.5, 0.6) is 0 Å². The molecule has 0 aromatic heterocycles. The van der Waals surface area contributed by atoms with Crippen LogP contribution >= 0.6 is 12.4 Å². The van der Waals surface area contributed by atoms with E-state index in [4.69, 9.17) is 4.74 Å². The minimum absolute atomic E-state index is 0. The van der Waals surface area contributed by atoms with Crippen molar-refractivity contribution in [3.05, 3.63) is 35.4 Å². The third-order valence-corrected chi connectivity index (χ3v) is 5.86. The second-order valence-electron chi connectivity index (χ2n) is 7.23. The molecule has 1 aromatic rings. The summed E-state index contributed by atoms with van der Waals surface area (Å²) in [6, 6.07) is 8.70. The molecule has 0 bridgehead atoms. The molecule has 1 saturated carbocycles. The first-order valence-corrected chi connectivity index (χ1v) is 8.81. The first-order valence-electron chi connectivity index (χ1n) is 8.81. The summed E-state index contributed by atoms with van der Waals surface area (Å²) in [4.78, 5) is 15.0. The van der Waals surface area contributed by atoms with E-state index >= 15 is 0 Å². The van der Waals surface area contributed by atoms with Gasteiger partial charge in [-0.1, -0.05) is 37.5 Å². The van der Waals surface area contributed by atoms with Gasteiger partial charge in [-0.05, 0) is 24.5 Å². The highest BCUT2D eigenvalue weighted by atomic mass is 35.5. The predicted molar refractivity (Wildman–Crippen MR) is 93.2 cm³/mol. The number of carbonyl (C=O) groups is 1. The SMILES string of the molecule is Cl.O=C1OC2(CCN(C3CCCCC3)CC2)Cc2ccccc21. The lowest BCUT2D eigenvalue weighted by Gasteiger charge is -2.46. The molecule has 4 rings (SSSR count). The third kappa shape index (κ3) is 3.27. The van der Waals surface area contributed by atoms with Gasteiger partial charge in [0.1, 0.15) is 5.60 Å². The molecule has 2 aliphatic heterocycles. The zero-order valence-corrected chi connectivity index (χ0v) is 14.4. The standard InChI is InChI=1S/C19H25NO2.ClH/c21-18-17-9-5-4-6-15(17)14-19(22-18)10-12-20(13-11-19)16-7-2-1-3-8-16;/h4-6,9,16H,1-3,7-8,10-14H2;1H. The van der Waals surface area contributed by atoms with Crippen molar-refractivity contribution in [2.24, 2.45) is 0 Å². The Kier molecular flexibility index (Phi) is 4.98. The molecule has 0 amide bonds. The Morgan fingerprint density at radius 2 is 1.74 bits per heavy atom. The number of hydrogen-bond donors (Lipinski definition) is 0. The van der Waals surface area contributed by atoms with Gasteiger partial charge in [0.2, 0.25) is 0 Å². The largest absolute Gasteiger partial charge is 0.455 e. The van der Waals surface area contributed by atoms with E-state index in [9.17, 15) is 4.79 Å². The van der Waals surface area contributed by atoms with E-state index in [1.807, 2.05) is 18.2 Å². The summed E-state index contributed by atoms with van der Waals surface area (Å²) in [6.07, 6.45) is 9.76. The van der Waals surface area contributed by atoms with Crippen LogP contribution in [-0.2, 0) is 11.2 Å². The van der Waals surface area contributed by atoms with Crippen LogP contribution in [0.1, 0.15) is 60.9 Å². The van der Waals surface area contributed by atoms with Crippen LogP contribution in [-0.4, -0.2) is 35.6 Å². The van der Waals surface area contributed by atoms with Crippen molar-refractivity contribution < 1.29 is 9.53 Å². The first-order chi connectivity index (χ1) is 10.8. The molecule has 3 aliphatic rings. The summed E-state index contributed by atoms with van der Waals surface area (Å²) in [5.74, 6) is -0.118. The molecule has 1 spiro atoms. The maximum atomic E-state index is 12.3. The summed E-state index contributed by atoms with van der Waals surface area (Å²) in [6.45, 7) is 2.17. The van der Waals surface area contributed by atoms with Gasteiger partial charge in [-0.15, -0.1) is 12.4 Å². The maximum Gasteiger partial charge on any atom is 0.338 e. The Morgan fingerprint density at radius 1 is 1.04 bits per heavy atom. The number of carbonyl (C=O) groups excluding carboxylic acids is 1. The van der Waals surface area contributed by atoms with Gasteiger partial charge in [-0.25, -0.2) is 4.79 Å². The molecule has 1 aromatic carbocycles. The minimum atomic E-state index is -0.239. The lowest BCUT2D eigenvalue weighted by atomic mass is 9.80. The fraction of sp³-hybridized carbons (Fsp3) is 0.632. The zero-order valence-electron chi connectivity index (χ0n) is 13.6. The Balaban J connectivity index is 0.00000156. The highest BCUT2D eigenvalue weighted by Gasteiger charge is 2.43. The van der Waals surface area contributed by atoms with Gasteiger partial charge in [0, 0.05) is 38.4 Å². The van der Waals surface area contributed by atoms with E-state index in [0.29, 0.717) is 0 Å². The molecule has 0 unspecified atom stereocenters. The summed E-state index contributed by atoms with van der Waals surface area (Å²) >= 11 is 0. The van der Waals surface area contributed by atoms with Crippen molar-refractivity contribution in [3.63, 3.8) is 0 Å². The second-order valence-corrected chi connectivity index (χ2v) is 7.23. The van der Waals surface area contributed by atoms with Gasteiger partial charge < -0.3 is 9.64 Å². The molecule has 4 heteroatoms. The highest BCUT2D eigenvalue weighted by molar-refractivity contribution is 5.92. The summed E-state index contributed by atoms with van der Waals surface area (Å²) in [5, 5.41) is 0. The van der Waals surface area contributed by atoms with E-state index in [1.54, 1.807) is 0 Å². The molecule has 2 fully saturated rings. The van der Waals surface area contributed by atoms with Crippen molar-refractivity contribution >= 4 is 18.4 Å². The number of esters is 1. The molecule has 23 heavy (non-hydrogen) atoms. The molecule has 1 aliphatic carbocycles. The van der Waals surface area contributed by atoms with Gasteiger partial charge in [0.05, 0.1) is 5.56 Å². The van der Waals surface area contributed by atoms with Crippen LogP contribution in [0.2, 0.25) is 0 Å². The normalized spacial score (nSPS) is 24.6. The van der Waals surface area contributed by atoms with Gasteiger partial charge in [0.15, 0.2) is 0 Å². The number of fused-ring (bicyclic) bond motifs is 1. The quantitative estimate of drug-likeness (QED) is 0.727. The highest BCUT2D eigenvalue weighted by Crippen LogP contribution is 2.37. The molecule has 0 atom stereocenters. The lowest BCUT2D eigenvalue weighted by Crippen LogP contribution is -2.53. The third-order valence-electron chi connectivity index (χ3n) is 5.86. The number of ether oxygens (including phenoxy) is 1. The molecule has 2 heterocycles. The Hall–Kier alpha value is -1.06. The molecular weight excluding hydrogens is 310 g/mol. The average molecular weight is 336 g/mol. The van der Waals surface area contributed by atoms with Crippen molar-refractivity contribution in [2.75, 3.05) is 13.1 Å². The molecular formula is C19H26ClNO2. The summed E-state index contributed by atoms with van der Waals surface area (Å²) < 4.78 is 5.91. The van der Waals surface area contributed by atoms with Crippen molar-refractivity contribution in [1.29, 1.82) is 0 Å². The van der Waals surface area contributed by atoms with Crippen LogP contribution in [0.15, 0.2) is 24.3 Å². The number of nitrogens with zero attached hydrogens (tertiary/aromatic N) is 1. The molecule has 126 valence electrons.